The Hall–Kier alpha value is -1.93. The number of amides is 1. The maximum atomic E-state index is 12.6. The Bertz CT molecular complexity index is 857. The number of nitrogens with two attached hydrogens (primary N) is 1. The first-order valence-electron chi connectivity index (χ1n) is 7.92. The summed E-state index contributed by atoms with van der Waals surface area (Å²) in [6.07, 6.45) is 0. The molecular formula is C18H24ClN3O3S. The number of sulfonamides is 1. The van der Waals surface area contributed by atoms with Gasteiger partial charge < -0.3 is 11.1 Å². The van der Waals surface area contributed by atoms with Crippen molar-refractivity contribution in [2.45, 2.75) is 24.8 Å². The van der Waals surface area contributed by atoms with Gasteiger partial charge in [0.25, 0.3) is 0 Å². The Morgan fingerprint density at radius 3 is 2.27 bits per heavy atom. The van der Waals surface area contributed by atoms with Gasteiger partial charge in [-0.2, -0.15) is 0 Å². The lowest BCUT2D eigenvalue weighted by molar-refractivity contribution is -0.120. The zero-order valence-electron chi connectivity index (χ0n) is 14.9. The highest BCUT2D eigenvalue weighted by molar-refractivity contribution is 7.89. The van der Waals surface area contributed by atoms with Crippen LogP contribution in [0.2, 0.25) is 0 Å². The number of carbonyl (C=O) groups excluding carboxylic acids is 1. The van der Waals surface area contributed by atoms with E-state index in [1.807, 2.05) is 30.3 Å². The Morgan fingerprint density at radius 1 is 1.08 bits per heavy atom. The van der Waals surface area contributed by atoms with E-state index in [1.165, 1.54) is 13.1 Å². The van der Waals surface area contributed by atoms with E-state index in [1.54, 1.807) is 26.0 Å². The normalized spacial score (nSPS) is 13.4. The molecule has 2 unspecified atom stereocenters. The summed E-state index contributed by atoms with van der Waals surface area (Å²) in [5.41, 5.74) is 7.98. The molecule has 0 fully saturated rings. The van der Waals surface area contributed by atoms with Crippen molar-refractivity contribution in [2.24, 2.45) is 11.7 Å². The molecule has 0 radical (unpaired) electrons. The van der Waals surface area contributed by atoms with E-state index in [9.17, 15) is 13.2 Å². The first kappa shape index (κ1) is 22.1. The van der Waals surface area contributed by atoms with Gasteiger partial charge >= 0.3 is 0 Å². The van der Waals surface area contributed by atoms with Crippen molar-refractivity contribution >= 4 is 34.0 Å². The summed E-state index contributed by atoms with van der Waals surface area (Å²) in [6.45, 7) is 3.40. The molecule has 0 aliphatic rings. The van der Waals surface area contributed by atoms with Crippen LogP contribution in [0.4, 0.5) is 5.69 Å². The maximum absolute atomic E-state index is 12.6. The van der Waals surface area contributed by atoms with Gasteiger partial charge in [-0.05, 0) is 37.2 Å². The number of hydrogen-bond donors (Lipinski definition) is 3. The lowest BCUT2D eigenvalue weighted by Crippen LogP contribution is -2.31. The van der Waals surface area contributed by atoms with Crippen LogP contribution in [0, 0.1) is 12.8 Å². The van der Waals surface area contributed by atoms with Crippen LogP contribution in [-0.4, -0.2) is 21.4 Å². The second-order valence-electron chi connectivity index (χ2n) is 5.85. The fraction of sp³-hybridized carbons (Fsp3) is 0.278. The van der Waals surface area contributed by atoms with Gasteiger partial charge in [-0.1, -0.05) is 43.3 Å². The monoisotopic (exact) mass is 397 g/mol. The molecule has 0 aliphatic carbocycles. The average Bonchev–Trinajstić information content (AvgIpc) is 2.62. The molecule has 0 bridgehead atoms. The maximum Gasteiger partial charge on any atom is 0.240 e. The molecule has 0 spiro atoms. The molecule has 0 heterocycles. The first-order valence-corrected chi connectivity index (χ1v) is 9.40. The number of rotatable bonds is 6. The van der Waals surface area contributed by atoms with Crippen LogP contribution in [0.5, 0.6) is 0 Å². The fourth-order valence-electron chi connectivity index (χ4n) is 2.52. The quantitative estimate of drug-likeness (QED) is 0.697. The van der Waals surface area contributed by atoms with Crippen molar-refractivity contribution in [1.29, 1.82) is 0 Å². The zero-order chi connectivity index (χ0) is 18.6. The third kappa shape index (κ3) is 4.82. The van der Waals surface area contributed by atoms with Gasteiger partial charge in [0, 0.05) is 11.7 Å². The number of hydrogen-bond acceptors (Lipinski definition) is 4. The molecule has 26 heavy (non-hydrogen) atoms. The summed E-state index contributed by atoms with van der Waals surface area (Å²) in [5, 5.41) is 2.79. The fourth-order valence-corrected chi connectivity index (χ4v) is 3.52. The second-order valence-corrected chi connectivity index (χ2v) is 7.71. The third-order valence-corrected chi connectivity index (χ3v) is 5.80. The van der Waals surface area contributed by atoms with Crippen LogP contribution in [-0.2, 0) is 14.8 Å². The van der Waals surface area contributed by atoms with E-state index in [4.69, 9.17) is 5.73 Å². The lowest BCUT2D eigenvalue weighted by atomic mass is 9.94. The van der Waals surface area contributed by atoms with Gasteiger partial charge in [0.15, 0.2) is 0 Å². The van der Waals surface area contributed by atoms with E-state index in [0.29, 0.717) is 11.3 Å². The molecule has 4 N–H and O–H groups in total. The molecule has 2 rings (SSSR count). The number of nitrogens with one attached hydrogen (secondary N) is 2. The van der Waals surface area contributed by atoms with Crippen LogP contribution in [0.3, 0.4) is 0 Å². The van der Waals surface area contributed by atoms with Crippen molar-refractivity contribution in [1.82, 2.24) is 4.72 Å². The number of halogens is 1. The Kier molecular flexibility index (Phi) is 7.77. The number of benzene rings is 2. The standard InChI is InChI=1S/C18H23N3O3S.ClH/c1-12-15(10-7-11-16(12)25(23,24)20-3)21-18(22)13(2)17(19)14-8-5-4-6-9-14;/h4-11,13,17,20H,19H2,1-3H3,(H,21,22);1H. The van der Waals surface area contributed by atoms with Gasteiger partial charge in [0.1, 0.15) is 0 Å². The van der Waals surface area contributed by atoms with E-state index < -0.39 is 22.0 Å². The van der Waals surface area contributed by atoms with E-state index >= 15 is 0 Å². The number of anilines is 1. The zero-order valence-corrected chi connectivity index (χ0v) is 16.5. The van der Waals surface area contributed by atoms with Crippen molar-refractivity contribution in [3.05, 3.63) is 59.7 Å². The summed E-state index contributed by atoms with van der Waals surface area (Å²) in [4.78, 5) is 12.7. The predicted octanol–water partition coefficient (Wildman–Crippen LogP) is 2.60. The molecule has 1 amide bonds. The Balaban J connectivity index is 0.00000338. The van der Waals surface area contributed by atoms with Crippen LogP contribution in [0.25, 0.3) is 0 Å². The summed E-state index contributed by atoms with van der Waals surface area (Å²) in [6, 6.07) is 13.7. The van der Waals surface area contributed by atoms with Gasteiger partial charge in [-0.3, -0.25) is 4.79 Å². The molecule has 0 saturated heterocycles. The average molecular weight is 398 g/mol. The molecule has 6 nitrogen and oxygen atoms in total. The smallest absolute Gasteiger partial charge is 0.240 e. The van der Waals surface area contributed by atoms with E-state index in [2.05, 4.69) is 10.0 Å². The van der Waals surface area contributed by atoms with E-state index in [0.717, 1.165) is 5.56 Å². The summed E-state index contributed by atoms with van der Waals surface area (Å²) >= 11 is 0. The van der Waals surface area contributed by atoms with Crippen molar-refractivity contribution in [3.8, 4) is 0 Å². The Morgan fingerprint density at radius 2 is 1.69 bits per heavy atom. The SMILES string of the molecule is CNS(=O)(=O)c1cccc(NC(=O)C(C)C(N)c2ccccc2)c1C.Cl. The Labute approximate surface area is 160 Å². The molecule has 2 atom stereocenters. The molecular weight excluding hydrogens is 374 g/mol. The topological polar surface area (TPSA) is 101 Å². The van der Waals surface area contributed by atoms with Crippen LogP contribution in [0.1, 0.15) is 24.1 Å². The van der Waals surface area contributed by atoms with E-state index in [-0.39, 0.29) is 23.2 Å². The second kappa shape index (κ2) is 9.14. The molecule has 0 aliphatic heterocycles. The highest BCUT2D eigenvalue weighted by Gasteiger charge is 2.24. The minimum Gasteiger partial charge on any atom is -0.326 e. The van der Waals surface area contributed by atoms with Gasteiger partial charge in [-0.25, -0.2) is 13.1 Å². The largest absolute Gasteiger partial charge is 0.326 e. The lowest BCUT2D eigenvalue weighted by Gasteiger charge is -2.21. The number of carbonyl (C=O) groups is 1. The summed E-state index contributed by atoms with van der Waals surface area (Å²) in [5.74, 6) is -0.746. The molecule has 0 aromatic heterocycles. The summed E-state index contributed by atoms with van der Waals surface area (Å²) < 4.78 is 26.4. The minimum absolute atomic E-state index is 0. The van der Waals surface area contributed by atoms with Crippen LogP contribution < -0.4 is 15.8 Å². The molecule has 8 heteroatoms. The van der Waals surface area contributed by atoms with Gasteiger partial charge in [0.2, 0.25) is 15.9 Å². The highest BCUT2D eigenvalue weighted by Crippen LogP contribution is 2.25. The minimum atomic E-state index is -3.59. The van der Waals surface area contributed by atoms with Crippen molar-refractivity contribution in [2.75, 3.05) is 12.4 Å². The highest BCUT2D eigenvalue weighted by atomic mass is 35.5. The first-order chi connectivity index (χ1) is 11.8. The molecule has 2 aromatic rings. The molecule has 142 valence electrons. The third-order valence-electron chi connectivity index (χ3n) is 4.24. The van der Waals surface area contributed by atoms with Crippen LogP contribution >= 0.6 is 12.4 Å². The van der Waals surface area contributed by atoms with Crippen LogP contribution in [0.15, 0.2) is 53.4 Å². The van der Waals surface area contributed by atoms with Crippen molar-refractivity contribution in [3.63, 3.8) is 0 Å². The predicted molar refractivity (Wildman–Crippen MR) is 106 cm³/mol. The molecule has 2 aromatic carbocycles. The summed E-state index contributed by atoms with van der Waals surface area (Å²) in [7, 11) is -2.24. The van der Waals surface area contributed by atoms with Gasteiger partial charge in [0.05, 0.1) is 10.8 Å². The molecule has 0 saturated carbocycles. The van der Waals surface area contributed by atoms with Crippen molar-refractivity contribution < 1.29 is 13.2 Å². The van der Waals surface area contributed by atoms with Gasteiger partial charge in [-0.15, -0.1) is 12.4 Å².